The van der Waals surface area contributed by atoms with E-state index in [1.807, 2.05) is 13.8 Å². The molecular weight excluding hydrogens is 140 g/mol. The highest BCUT2D eigenvalue weighted by Gasteiger charge is 2.42. The van der Waals surface area contributed by atoms with Crippen molar-refractivity contribution in [3.63, 3.8) is 0 Å². The van der Waals surface area contributed by atoms with Crippen LogP contribution in [0.15, 0.2) is 12.2 Å². The second-order valence-corrected chi connectivity index (χ2v) is 3.29. The molecule has 0 radical (unpaired) electrons. The highest BCUT2D eigenvalue weighted by molar-refractivity contribution is 5.37. The number of ether oxygens (including phenoxy) is 1. The first kappa shape index (κ1) is 8.31. The third kappa shape index (κ3) is 1.82. The lowest BCUT2D eigenvalue weighted by Gasteiger charge is -2.07. The minimum Gasteiger partial charge on any atom is -0.465 e. The fraction of sp³-hybridized carbons (Fsp3) is 0.667. The molecule has 1 aliphatic rings. The van der Waals surface area contributed by atoms with Gasteiger partial charge in [0, 0.05) is 5.92 Å². The summed E-state index contributed by atoms with van der Waals surface area (Å²) in [5.74, 6) is 1.11. The van der Waals surface area contributed by atoms with Gasteiger partial charge in [0.15, 0.2) is 0 Å². The Bertz CT molecular complexity index is 174. The maximum atomic E-state index is 9.98. The summed E-state index contributed by atoms with van der Waals surface area (Å²) in [6.45, 7) is 8.35. The summed E-state index contributed by atoms with van der Waals surface area (Å²) in [5, 5.41) is 0. The molecule has 1 aliphatic carbocycles. The molecule has 0 N–H and O–H groups in total. The van der Waals surface area contributed by atoms with Gasteiger partial charge in [-0.05, 0) is 26.2 Å². The molecule has 0 aromatic rings. The van der Waals surface area contributed by atoms with Crippen LogP contribution in [0.4, 0.5) is 0 Å². The van der Waals surface area contributed by atoms with E-state index in [9.17, 15) is 4.79 Å². The molecule has 1 rings (SSSR count). The van der Waals surface area contributed by atoms with E-state index in [2.05, 4.69) is 6.58 Å². The van der Waals surface area contributed by atoms with Crippen LogP contribution in [0.1, 0.15) is 20.3 Å². The van der Waals surface area contributed by atoms with Crippen molar-refractivity contribution in [3.8, 4) is 0 Å². The smallest absolute Gasteiger partial charge is 0.293 e. The van der Waals surface area contributed by atoms with Gasteiger partial charge in [-0.25, -0.2) is 0 Å². The lowest BCUT2D eigenvalue weighted by Crippen LogP contribution is -2.10. The summed E-state index contributed by atoms with van der Waals surface area (Å²) in [4.78, 5) is 9.98. The monoisotopic (exact) mass is 154 g/mol. The molecule has 62 valence electrons. The summed E-state index contributed by atoms with van der Waals surface area (Å²) >= 11 is 0. The van der Waals surface area contributed by atoms with Crippen molar-refractivity contribution in [1.82, 2.24) is 0 Å². The van der Waals surface area contributed by atoms with E-state index >= 15 is 0 Å². The van der Waals surface area contributed by atoms with Crippen molar-refractivity contribution in [3.05, 3.63) is 12.2 Å². The molecule has 0 bridgehead atoms. The van der Waals surface area contributed by atoms with E-state index < -0.39 is 0 Å². The van der Waals surface area contributed by atoms with Crippen LogP contribution in [-0.4, -0.2) is 12.6 Å². The van der Waals surface area contributed by atoms with Crippen LogP contribution in [0.5, 0.6) is 0 Å². The molecule has 0 aromatic heterocycles. The van der Waals surface area contributed by atoms with Gasteiger partial charge in [0.25, 0.3) is 6.47 Å². The van der Waals surface area contributed by atoms with Gasteiger partial charge in [-0.3, -0.25) is 4.79 Å². The van der Waals surface area contributed by atoms with Crippen molar-refractivity contribution < 1.29 is 9.53 Å². The van der Waals surface area contributed by atoms with Gasteiger partial charge in [-0.15, -0.1) is 0 Å². The zero-order valence-electron chi connectivity index (χ0n) is 7.04. The highest BCUT2D eigenvalue weighted by Crippen LogP contribution is 2.46. The average Bonchev–Trinajstić information content (AvgIpc) is 2.65. The minimum absolute atomic E-state index is 0.0641. The Morgan fingerprint density at radius 1 is 1.82 bits per heavy atom. The zero-order chi connectivity index (χ0) is 8.43. The molecule has 2 nitrogen and oxygen atoms in total. The van der Waals surface area contributed by atoms with Gasteiger partial charge in [0.05, 0.1) is 0 Å². The summed E-state index contributed by atoms with van der Waals surface area (Å²) in [6, 6.07) is 0. The second kappa shape index (κ2) is 3.07. The predicted molar refractivity (Wildman–Crippen MR) is 43.0 cm³/mol. The molecule has 1 unspecified atom stereocenters. The molecule has 2 heteroatoms. The van der Waals surface area contributed by atoms with Gasteiger partial charge in [-0.2, -0.15) is 0 Å². The second-order valence-electron chi connectivity index (χ2n) is 3.29. The van der Waals surface area contributed by atoms with Crippen molar-refractivity contribution >= 4 is 6.47 Å². The topological polar surface area (TPSA) is 26.3 Å². The minimum atomic E-state index is 0.0641. The number of carbonyl (C=O) groups excluding carboxylic acids is 1. The molecular formula is C9H14O2. The van der Waals surface area contributed by atoms with Gasteiger partial charge in [0.2, 0.25) is 0 Å². The van der Waals surface area contributed by atoms with Gasteiger partial charge < -0.3 is 4.74 Å². The standard InChI is InChI=1S/C9H14O2/c1-6(2)8-4-9(8)7(3)11-5-10/h5,7-9H,1,4H2,2-3H3/t7?,8-,9-/m0/s1. The summed E-state index contributed by atoms with van der Waals surface area (Å²) in [5.41, 5.74) is 1.20. The fourth-order valence-electron chi connectivity index (χ4n) is 1.49. The first-order valence-electron chi connectivity index (χ1n) is 3.91. The fourth-order valence-corrected chi connectivity index (χ4v) is 1.49. The Kier molecular flexibility index (Phi) is 2.32. The number of hydrogen-bond acceptors (Lipinski definition) is 2. The van der Waals surface area contributed by atoms with Gasteiger partial charge in [-0.1, -0.05) is 12.2 Å². The van der Waals surface area contributed by atoms with Crippen LogP contribution < -0.4 is 0 Å². The zero-order valence-corrected chi connectivity index (χ0v) is 7.04. The van der Waals surface area contributed by atoms with E-state index in [-0.39, 0.29) is 6.10 Å². The van der Waals surface area contributed by atoms with Crippen LogP contribution >= 0.6 is 0 Å². The van der Waals surface area contributed by atoms with Gasteiger partial charge in [0.1, 0.15) is 6.10 Å². The number of allylic oxidation sites excluding steroid dienone is 1. The third-order valence-corrected chi connectivity index (χ3v) is 2.35. The van der Waals surface area contributed by atoms with E-state index in [4.69, 9.17) is 4.74 Å². The van der Waals surface area contributed by atoms with Crippen molar-refractivity contribution in [2.24, 2.45) is 11.8 Å². The number of rotatable bonds is 4. The Labute approximate surface area is 67.2 Å². The Morgan fingerprint density at radius 2 is 2.45 bits per heavy atom. The predicted octanol–water partition coefficient (Wildman–Crippen LogP) is 1.76. The summed E-state index contributed by atoms with van der Waals surface area (Å²) < 4.78 is 4.82. The Balaban J connectivity index is 2.31. The van der Waals surface area contributed by atoms with E-state index in [1.54, 1.807) is 0 Å². The Morgan fingerprint density at radius 3 is 2.82 bits per heavy atom. The van der Waals surface area contributed by atoms with Gasteiger partial charge >= 0.3 is 0 Å². The molecule has 0 amide bonds. The molecule has 0 aliphatic heterocycles. The molecule has 1 saturated carbocycles. The van der Waals surface area contributed by atoms with E-state index in [0.29, 0.717) is 18.3 Å². The Hall–Kier alpha value is -0.790. The highest BCUT2D eigenvalue weighted by atomic mass is 16.5. The van der Waals surface area contributed by atoms with Crippen LogP contribution in [0.3, 0.4) is 0 Å². The molecule has 0 saturated heterocycles. The first-order chi connectivity index (χ1) is 5.16. The van der Waals surface area contributed by atoms with Crippen molar-refractivity contribution in [1.29, 1.82) is 0 Å². The molecule has 3 atom stereocenters. The normalized spacial score (nSPS) is 30.7. The molecule has 0 spiro atoms. The molecule has 0 heterocycles. The van der Waals surface area contributed by atoms with Crippen LogP contribution in [-0.2, 0) is 9.53 Å². The van der Waals surface area contributed by atoms with Crippen LogP contribution in [0.25, 0.3) is 0 Å². The first-order valence-corrected chi connectivity index (χ1v) is 3.91. The van der Waals surface area contributed by atoms with E-state index in [0.717, 1.165) is 6.42 Å². The van der Waals surface area contributed by atoms with Crippen molar-refractivity contribution in [2.75, 3.05) is 0 Å². The van der Waals surface area contributed by atoms with Crippen molar-refractivity contribution in [2.45, 2.75) is 26.4 Å². The lowest BCUT2D eigenvalue weighted by atomic mass is 10.1. The quantitative estimate of drug-likeness (QED) is 0.455. The van der Waals surface area contributed by atoms with Crippen LogP contribution in [0, 0.1) is 11.8 Å². The summed E-state index contributed by atoms with van der Waals surface area (Å²) in [6.07, 6.45) is 1.19. The lowest BCUT2D eigenvalue weighted by molar-refractivity contribution is -0.133. The maximum absolute atomic E-state index is 9.98. The largest absolute Gasteiger partial charge is 0.465 e. The number of hydrogen-bond donors (Lipinski definition) is 0. The molecule has 0 aromatic carbocycles. The molecule has 11 heavy (non-hydrogen) atoms. The third-order valence-electron chi connectivity index (χ3n) is 2.35. The SMILES string of the molecule is C=C(C)[C@@H]1C[C@H]1C(C)OC=O. The average molecular weight is 154 g/mol. The maximum Gasteiger partial charge on any atom is 0.293 e. The number of carbonyl (C=O) groups is 1. The van der Waals surface area contributed by atoms with E-state index in [1.165, 1.54) is 5.57 Å². The van der Waals surface area contributed by atoms with Crippen LogP contribution in [0.2, 0.25) is 0 Å². The molecule has 1 fully saturated rings. The summed E-state index contributed by atoms with van der Waals surface area (Å²) in [7, 11) is 0.